The number of nitrogens with zero attached hydrogens (tertiary/aromatic N) is 1. The Bertz CT molecular complexity index is 348. The third kappa shape index (κ3) is 0.914. The van der Waals surface area contributed by atoms with Gasteiger partial charge in [0.05, 0.1) is 24.5 Å². The third-order valence-corrected chi connectivity index (χ3v) is 2.11. The molecule has 4 nitrogen and oxygen atoms in total. The van der Waals surface area contributed by atoms with E-state index in [1.807, 2.05) is 13.8 Å². The van der Waals surface area contributed by atoms with Gasteiger partial charge in [-0.3, -0.25) is 14.6 Å². The molecule has 0 bridgehead atoms. The van der Waals surface area contributed by atoms with Crippen LogP contribution < -0.4 is 5.56 Å². The molecule has 1 aromatic heterocycles. The molecule has 1 aliphatic rings. The average Bonchev–Trinajstić information content (AvgIpc) is 2.53. The first-order valence-corrected chi connectivity index (χ1v) is 4.10. The lowest BCUT2D eigenvalue weighted by Crippen LogP contribution is -2.20. The molecule has 1 aromatic rings. The molecule has 0 unspecified atom stereocenters. The molecule has 0 aliphatic carbocycles. The van der Waals surface area contributed by atoms with Crippen molar-refractivity contribution in [3.8, 4) is 0 Å². The molecule has 0 saturated carbocycles. The van der Waals surface area contributed by atoms with E-state index >= 15 is 0 Å². The van der Waals surface area contributed by atoms with Gasteiger partial charge in [-0.1, -0.05) is 0 Å². The standard InChI is InChI=1S/C8H12N2O2/c1-5(2)10-8(11)6-3-12-4-7(6)9-10/h5,9H,3-4H2,1-2H3. The SMILES string of the molecule is CC(C)n1[nH]c2c(c1=O)COC2. The molecule has 66 valence electrons. The second-order valence-electron chi connectivity index (χ2n) is 3.33. The Morgan fingerprint density at radius 1 is 1.50 bits per heavy atom. The zero-order valence-electron chi connectivity index (χ0n) is 7.26. The number of H-pyrrole nitrogens is 1. The zero-order chi connectivity index (χ0) is 8.72. The highest BCUT2D eigenvalue weighted by atomic mass is 16.5. The van der Waals surface area contributed by atoms with E-state index in [2.05, 4.69) is 5.10 Å². The summed E-state index contributed by atoms with van der Waals surface area (Å²) in [6.45, 7) is 4.97. The van der Waals surface area contributed by atoms with Crippen LogP contribution in [-0.2, 0) is 18.0 Å². The van der Waals surface area contributed by atoms with Gasteiger partial charge in [-0.25, -0.2) is 0 Å². The largest absolute Gasteiger partial charge is 0.370 e. The van der Waals surface area contributed by atoms with Gasteiger partial charge in [-0.05, 0) is 13.8 Å². The number of aromatic nitrogens is 2. The minimum Gasteiger partial charge on any atom is -0.370 e. The van der Waals surface area contributed by atoms with Gasteiger partial charge in [-0.2, -0.15) is 0 Å². The molecule has 12 heavy (non-hydrogen) atoms. The highest BCUT2D eigenvalue weighted by Crippen LogP contribution is 2.14. The fourth-order valence-electron chi connectivity index (χ4n) is 1.43. The van der Waals surface area contributed by atoms with Gasteiger partial charge in [0.15, 0.2) is 0 Å². The molecule has 1 aliphatic heterocycles. The highest BCUT2D eigenvalue weighted by molar-refractivity contribution is 5.18. The number of nitrogens with one attached hydrogen (secondary N) is 1. The van der Waals surface area contributed by atoms with Crippen molar-refractivity contribution >= 4 is 0 Å². The molecule has 2 rings (SSSR count). The molecule has 0 atom stereocenters. The molecule has 0 amide bonds. The summed E-state index contributed by atoms with van der Waals surface area (Å²) in [6, 6.07) is 0.197. The van der Waals surface area contributed by atoms with Crippen molar-refractivity contribution in [1.82, 2.24) is 9.78 Å². The van der Waals surface area contributed by atoms with E-state index in [-0.39, 0.29) is 11.6 Å². The summed E-state index contributed by atoms with van der Waals surface area (Å²) < 4.78 is 6.77. The smallest absolute Gasteiger partial charge is 0.272 e. The van der Waals surface area contributed by atoms with E-state index in [4.69, 9.17) is 4.74 Å². The predicted molar refractivity (Wildman–Crippen MR) is 43.9 cm³/mol. The normalized spacial score (nSPS) is 15.6. The van der Waals surface area contributed by atoms with Crippen LogP contribution in [0, 0.1) is 0 Å². The summed E-state index contributed by atoms with van der Waals surface area (Å²) >= 11 is 0. The lowest BCUT2D eigenvalue weighted by atomic mass is 10.3. The highest BCUT2D eigenvalue weighted by Gasteiger charge is 2.20. The van der Waals surface area contributed by atoms with Gasteiger partial charge in [0, 0.05) is 6.04 Å². The predicted octanol–water partition coefficient (Wildman–Crippen LogP) is 0.788. The Morgan fingerprint density at radius 2 is 2.25 bits per heavy atom. The number of ether oxygens (including phenoxy) is 1. The van der Waals surface area contributed by atoms with Crippen molar-refractivity contribution in [2.45, 2.75) is 33.1 Å². The first-order valence-electron chi connectivity index (χ1n) is 4.10. The maximum atomic E-state index is 11.6. The maximum absolute atomic E-state index is 11.6. The Labute approximate surface area is 70.1 Å². The molecule has 0 spiro atoms. The second kappa shape index (κ2) is 2.48. The van der Waals surface area contributed by atoms with Gasteiger partial charge in [-0.15, -0.1) is 0 Å². The van der Waals surface area contributed by atoms with Gasteiger partial charge >= 0.3 is 0 Å². The molecule has 0 radical (unpaired) electrons. The molecule has 4 heteroatoms. The van der Waals surface area contributed by atoms with E-state index in [0.29, 0.717) is 13.2 Å². The first kappa shape index (κ1) is 7.61. The number of aromatic amines is 1. The van der Waals surface area contributed by atoms with Crippen LogP contribution in [0.1, 0.15) is 31.1 Å². The summed E-state index contributed by atoms with van der Waals surface area (Å²) in [4.78, 5) is 11.6. The van der Waals surface area contributed by atoms with Crippen LogP contribution in [0.2, 0.25) is 0 Å². The zero-order valence-corrected chi connectivity index (χ0v) is 7.26. The Kier molecular flexibility index (Phi) is 1.58. The monoisotopic (exact) mass is 168 g/mol. The van der Waals surface area contributed by atoms with Gasteiger partial charge in [0.25, 0.3) is 5.56 Å². The molecule has 0 fully saturated rings. The van der Waals surface area contributed by atoms with Crippen molar-refractivity contribution in [3.05, 3.63) is 21.6 Å². The van der Waals surface area contributed by atoms with E-state index in [0.717, 1.165) is 11.3 Å². The molecule has 0 aromatic carbocycles. The quantitative estimate of drug-likeness (QED) is 0.673. The molecular weight excluding hydrogens is 156 g/mol. The summed E-state index contributed by atoms with van der Waals surface area (Å²) in [5, 5.41) is 3.04. The van der Waals surface area contributed by atoms with Crippen LogP contribution >= 0.6 is 0 Å². The van der Waals surface area contributed by atoms with Crippen molar-refractivity contribution in [1.29, 1.82) is 0 Å². The van der Waals surface area contributed by atoms with E-state index in [1.54, 1.807) is 4.68 Å². The van der Waals surface area contributed by atoms with Crippen molar-refractivity contribution < 1.29 is 4.74 Å². The Balaban J connectivity index is 2.55. The van der Waals surface area contributed by atoms with Crippen molar-refractivity contribution in [2.24, 2.45) is 0 Å². The van der Waals surface area contributed by atoms with Gasteiger partial charge in [0.1, 0.15) is 0 Å². The Morgan fingerprint density at radius 3 is 2.83 bits per heavy atom. The summed E-state index contributed by atoms with van der Waals surface area (Å²) in [6.07, 6.45) is 0. The van der Waals surface area contributed by atoms with Crippen LogP contribution in [-0.4, -0.2) is 9.78 Å². The molecular formula is C8H12N2O2. The van der Waals surface area contributed by atoms with E-state index in [9.17, 15) is 4.79 Å². The average molecular weight is 168 g/mol. The summed E-state index contributed by atoms with van der Waals surface area (Å²) in [7, 11) is 0. The summed E-state index contributed by atoms with van der Waals surface area (Å²) in [5.74, 6) is 0. The number of hydrogen-bond acceptors (Lipinski definition) is 2. The fraction of sp³-hybridized carbons (Fsp3) is 0.625. The minimum atomic E-state index is 0.0671. The van der Waals surface area contributed by atoms with E-state index in [1.165, 1.54) is 0 Å². The van der Waals surface area contributed by atoms with Crippen molar-refractivity contribution in [3.63, 3.8) is 0 Å². The van der Waals surface area contributed by atoms with Crippen LogP contribution in [0.4, 0.5) is 0 Å². The van der Waals surface area contributed by atoms with Crippen LogP contribution in [0.5, 0.6) is 0 Å². The maximum Gasteiger partial charge on any atom is 0.272 e. The topological polar surface area (TPSA) is 47.0 Å². The van der Waals surface area contributed by atoms with Crippen LogP contribution in [0.25, 0.3) is 0 Å². The lowest BCUT2D eigenvalue weighted by molar-refractivity contribution is 0.129. The van der Waals surface area contributed by atoms with Gasteiger partial charge < -0.3 is 4.74 Å². The number of hydrogen-bond donors (Lipinski definition) is 1. The third-order valence-electron chi connectivity index (χ3n) is 2.11. The van der Waals surface area contributed by atoms with Crippen molar-refractivity contribution in [2.75, 3.05) is 0 Å². The Hall–Kier alpha value is -1.03. The number of fused-ring (bicyclic) bond motifs is 1. The summed E-state index contributed by atoms with van der Waals surface area (Å²) in [5.41, 5.74) is 1.80. The molecule has 2 heterocycles. The van der Waals surface area contributed by atoms with Crippen LogP contribution in [0.3, 0.4) is 0 Å². The molecule has 0 saturated heterocycles. The van der Waals surface area contributed by atoms with Gasteiger partial charge in [0.2, 0.25) is 0 Å². The fourth-order valence-corrected chi connectivity index (χ4v) is 1.43. The molecule has 1 N–H and O–H groups in total. The van der Waals surface area contributed by atoms with E-state index < -0.39 is 0 Å². The number of rotatable bonds is 1. The lowest BCUT2D eigenvalue weighted by Gasteiger charge is -2.04. The van der Waals surface area contributed by atoms with Crippen LogP contribution in [0.15, 0.2) is 4.79 Å². The second-order valence-corrected chi connectivity index (χ2v) is 3.33. The minimum absolute atomic E-state index is 0.0671. The first-order chi connectivity index (χ1) is 5.70.